The Morgan fingerprint density at radius 3 is 1.09 bits per heavy atom. The Labute approximate surface area is 453 Å². The zero-order chi connectivity index (χ0) is 54.1. The number of aliphatic hydroxyl groups excluding tert-OH is 1. The van der Waals surface area contributed by atoms with Gasteiger partial charge in [-0.05, 0) is 77.0 Å². The Morgan fingerprint density at radius 2 is 0.703 bits per heavy atom. The molecule has 74 heavy (non-hydrogen) atoms. The van der Waals surface area contributed by atoms with Gasteiger partial charge in [-0.2, -0.15) is 0 Å². The number of rotatable bonds is 57. The zero-order valence-corrected chi connectivity index (χ0v) is 48.7. The van der Waals surface area contributed by atoms with Crippen LogP contribution >= 0.6 is 7.82 Å². The van der Waals surface area contributed by atoms with E-state index in [1.165, 1.54) is 135 Å². The number of unbranched alkanes of at least 4 members (excludes halogenated alkanes) is 32. The Kier molecular flexibility index (Phi) is 54.7. The van der Waals surface area contributed by atoms with Crippen LogP contribution in [0.25, 0.3) is 0 Å². The molecule has 2 N–H and O–H groups in total. The van der Waals surface area contributed by atoms with Crippen molar-refractivity contribution < 1.29 is 52.2 Å². The van der Waals surface area contributed by atoms with Crippen molar-refractivity contribution in [1.82, 2.24) is 0 Å². The molecule has 0 aromatic rings. The molecule has 0 spiro atoms. The Morgan fingerprint density at radius 1 is 0.392 bits per heavy atom. The van der Waals surface area contributed by atoms with Crippen molar-refractivity contribution in [2.24, 2.45) is 0 Å². The van der Waals surface area contributed by atoms with E-state index in [2.05, 4.69) is 69.4 Å². The molecule has 0 aliphatic rings. The molecular weight excluding hydrogens is 952 g/mol. The first kappa shape index (κ1) is 71.4. The van der Waals surface area contributed by atoms with E-state index in [1.807, 2.05) is 0 Å². The second kappa shape index (κ2) is 56.6. The van der Waals surface area contributed by atoms with Crippen molar-refractivity contribution in [3.8, 4) is 0 Å². The molecule has 0 aromatic carbocycles. The molecule has 0 aromatic heterocycles. The zero-order valence-electron chi connectivity index (χ0n) is 47.8. The molecule has 0 bridgehead atoms. The molecule has 0 saturated carbocycles. The number of aliphatic hydroxyl groups is 1. The molecule has 0 radical (unpaired) electrons. The van der Waals surface area contributed by atoms with E-state index in [1.54, 1.807) is 0 Å². The van der Waals surface area contributed by atoms with Gasteiger partial charge in [-0.15, -0.1) is 0 Å². The first-order valence-electron chi connectivity index (χ1n) is 30.5. The molecule has 12 heteroatoms. The number of phosphoric ester groups is 1. The third-order valence-corrected chi connectivity index (χ3v) is 14.2. The number of phosphoric acid groups is 1. The fourth-order valence-corrected chi connectivity index (χ4v) is 9.39. The van der Waals surface area contributed by atoms with Gasteiger partial charge >= 0.3 is 25.7 Å². The summed E-state index contributed by atoms with van der Waals surface area (Å²) in [6.45, 7) is 4.55. The van der Waals surface area contributed by atoms with Crippen LogP contribution in [0.3, 0.4) is 0 Å². The highest BCUT2D eigenvalue weighted by molar-refractivity contribution is 7.47. The molecule has 3 unspecified atom stereocenters. The maximum atomic E-state index is 12.9. The van der Waals surface area contributed by atoms with E-state index in [0.29, 0.717) is 19.3 Å². The normalized spacial score (nSPS) is 13.6. The number of carbonyl (C=O) groups is 3. The molecule has 0 aliphatic heterocycles. The van der Waals surface area contributed by atoms with Crippen LogP contribution in [0.1, 0.15) is 290 Å². The molecule has 3 atom stereocenters. The molecule has 0 fully saturated rings. The molecule has 0 rings (SSSR count). The van der Waals surface area contributed by atoms with Gasteiger partial charge in [-0.1, -0.05) is 243 Å². The van der Waals surface area contributed by atoms with Crippen molar-refractivity contribution in [3.63, 3.8) is 0 Å². The van der Waals surface area contributed by atoms with Gasteiger partial charge in [-0.25, -0.2) is 4.57 Å². The van der Waals surface area contributed by atoms with Crippen molar-refractivity contribution in [1.29, 1.82) is 0 Å². The number of carbonyl (C=O) groups excluding carboxylic acids is 3. The van der Waals surface area contributed by atoms with Gasteiger partial charge in [0.25, 0.3) is 0 Å². The van der Waals surface area contributed by atoms with E-state index in [9.17, 15) is 28.9 Å². The molecule has 11 nitrogen and oxygen atoms in total. The van der Waals surface area contributed by atoms with Crippen molar-refractivity contribution >= 4 is 25.7 Å². The maximum absolute atomic E-state index is 12.9. The van der Waals surface area contributed by atoms with Gasteiger partial charge in [0.05, 0.1) is 19.8 Å². The number of allylic oxidation sites excluding steroid dienone is 8. The van der Waals surface area contributed by atoms with Gasteiger partial charge < -0.3 is 24.2 Å². The summed E-state index contributed by atoms with van der Waals surface area (Å²) >= 11 is 0. The first-order chi connectivity index (χ1) is 36.2. The minimum Gasteiger partial charge on any atom is -0.462 e. The fraction of sp³-hybridized carbons (Fsp3) is 0.823. The van der Waals surface area contributed by atoms with Crippen LogP contribution in [0.15, 0.2) is 48.6 Å². The largest absolute Gasteiger partial charge is 0.472 e. The van der Waals surface area contributed by atoms with Crippen LogP contribution in [-0.2, 0) is 42.2 Å². The average Bonchev–Trinajstić information content (AvgIpc) is 3.39. The van der Waals surface area contributed by atoms with Gasteiger partial charge in [0, 0.05) is 19.3 Å². The second-order valence-corrected chi connectivity index (χ2v) is 21.9. The van der Waals surface area contributed by atoms with E-state index in [4.69, 9.17) is 23.3 Å². The van der Waals surface area contributed by atoms with E-state index < -0.39 is 57.8 Å². The monoisotopic (exact) mass is 1060 g/mol. The fourth-order valence-electron chi connectivity index (χ4n) is 8.60. The van der Waals surface area contributed by atoms with Crippen molar-refractivity contribution in [3.05, 3.63) is 48.6 Å². The first-order valence-corrected chi connectivity index (χ1v) is 32.0. The number of esters is 3. The van der Waals surface area contributed by atoms with Crippen LogP contribution in [0.5, 0.6) is 0 Å². The van der Waals surface area contributed by atoms with Gasteiger partial charge in [0.15, 0.2) is 6.10 Å². The van der Waals surface area contributed by atoms with E-state index in [-0.39, 0.29) is 25.9 Å². The minimum absolute atomic E-state index is 0.161. The van der Waals surface area contributed by atoms with Crippen LogP contribution in [0.2, 0.25) is 0 Å². The molecule has 0 saturated heterocycles. The Balaban J connectivity index is 4.71. The average molecular weight is 1070 g/mol. The van der Waals surface area contributed by atoms with Crippen LogP contribution in [0, 0.1) is 0 Å². The van der Waals surface area contributed by atoms with Gasteiger partial charge in [0.1, 0.15) is 12.7 Å². The second-order valence-electron chi connectivity index (χ2n) is 20.5. The highest BCUT2D eigenvalue weighted by Crippen LogP contribution is 2.43. The standard InChI is InChI=1S/C62H113O11P/c1-4-7-10-13-16-19-22-25-28-29-32-35-38-41-44-47-50-53-62(66)73-59(55-69-60(64)51-48-45-42-39-36-33-30-26-23-20-17-14-11-8-5-2)57-71-74(67,68)70-56-58(54-63)72-61(65)52-49-46-43-40-37-34-31-27-24-21-18-15-12-9-6-3/h8,11,17,20,25-26,28,30,58-59,63H,4-7,9-10,12-16,18-19,21-24,27,29,31-57H2,1-3H3,(H,67,68)/b11-8-,20-17-,28-25-,30-26-. The van der Waals surface area contributed by atoms with E-state index >= 15 is 0 Å². The van der Waals surface area contributed by atoms with Gasteiger partial charge in [-0.3, -0.25) is 23.4 Å². The van der Waals surface area contributed by atoms with E-state index in [0.717, 1.165) is 96.3 Å². The highest BCUT2D eigenvalue weighted by Gasteiger charge is 2.28. The number of ether oxygens (including phenoxy) is 3. The number of hydrogen-bond acceptors (Lipinski definition) is 10. The smallest absolute Gasteiger partial charge is 0.462 e. The quantitative estimate of drug-likeness (QED) is 0.0197. The van der Waals surface area contributed by atoms with Crippen molar-refractivity contribution in [2.75, 3.05) is 26.4 Å². The molecule has 0 aliphatic carbocycles. The summed E-state index contributed by atoms with van der Waals surface area (Å²) in [6, 6.07) is 0. The minimum atomic E-state index is -4.75. The lowest BCUT2D eigenvalue weighted by Gasteiger charge is -2.21. The Bertz CT molecular complexity index is 1430. The molecule has 0 heterocycles. The lowest BCUT2D eigenvalue weighted by molar-refractivity contribution is -0.161. The summed E-state index contributed by atoms with van der Waals surface area (Å²) in [5, 5.41) is 9.83. The predicted molar refractivity (Wildman–Crippen MR) is 307 cm³/mol. The summed E-state index contributed by atoms with van der Waals surface area (Å²) < 4.78 is 39.6. The highest BCUT2D eigenvalue weighted by atomic mass is 31.2. The van der Waals surface area contributed by atoms with Crippen LogP contribution in [-0.4, -0.2) is 66.5 Å². The lowest BCUT2D eigenvalue weighted by Crippen LogP contribution is -2.30. The molecule has 432 valence electrons. The summed E-state index contributed by atoms with van der Waals surface area (Å²) in [6.07, 6.45) is 60.6. The van der Waals surface area contributed by atoms with Crippen molar-refractivity contribution in [2.45, 2.75) is 303 Å². The lowest BCUT2D eigenvalue weighted by atomic mass is 10.0. The predicted octanol–water partition coefficient (Wildman–Crippen LogP) is 18.1. The Hall–Kier alpha value is -2.56. The summed E-state index contributed by atoms with van der Waals surface area (Å²) in [7, 11) is -4.75. The van der Waals surface area contributed by atoms with Crippen LogP contribution in [0.4, 0.5) is 0 Å². The topological polar surface area (TPSA) is 155 Å². The maximum Gasteiger partial charge on any atom is 0.472 e. The SMILES string of the molecule is CC/C=C\C/C=C\C/C=C\CCCCCCCC(=O)OCC(COP(=O)(O)OCC(CO)OC(=O)CCCCCCCCCCCCCCCCC)OC(=O)CCCCCCCCC/C=C\CCCCCCCC. The van der Waals surface area contributed by atoms with Crippen LogP contribution < -0.4 is 0 Å². The number of hydrogen-bond donors (Lipinski definition) is 2. The molecule has 0 amide bonds. The summed E-state index contributed by atoms with van der Waals surface area (Å²) in [5.41, 5.74) is 0. The third kappa shape index (κ3) is 54.2. The van der Waals surface area contributed by atoms with Gasteiger partial charge in [0.2, 0.25) is 0 Å². The third-order valence-electron chi connectivity index (χ3n) is 13.2. The summed E-state index contributed by atoms with van der Waals surface area (Å²) in [5.74, 6) is -1.47. The molecular formula is C62H113O11P. The summed E-state index contributed by atoms with van der Waals surface area (Å²) in [4.78, 5) is 48.6.